The first-order valence-electron chi connectivity index (χ1n) is 8.99. The molecule has 0 spiro atoms. The van der Waals surface area contributed by atoms with Crippen LogP contribution in [0, 0.1) is 0 Å². The maximum Gasteiger partial charge on any atom is 0.253 e. The van der Waals surface area contributed by atoms with E-state index in [1.54, 1.807) is 0 Å². The van der Waals surface area contributed by atoms with E-state index in [9.17, 15) is 4.79 Å². The zero-order chi connectivity index (χ0) is 17.5. The molecule has 1 atom stereocenters. The summed E-state index contributed by atoms with van der Waals surface area (Å²) in [5.74, 6) is 0.864. The van der Waals surface area contributed by atoms with E-state index in [1.165, 1.54) is 0 Å². The van der Waals surface area contributed by atoms with Crippen molar-refractivity contribution in [1.82, 2.24) is 10.2 Å². The van der Waals surface area contributed by atoms with Crippen LogP contribution in [0.2, 0.25) is 0 Å². The van der Waals surface area contributed by atoms with Crippen molar-refractivity contribution in [3.05, 3.63) is 65.7 Å². The molecule has 0 radical (unpaired) electrons. The maximum absolute atomic E-state index is 12.7. The molecule has 0 saturated carbocycles. The molecule has 0 aromatic heterocycles. The van der Waals surface area contributed by atoms with Crippen LogP contribution < -0.4 is 10.1 Å². The first kappa shape index (κ1) is 20.3. The van der Waals surface area contributed by atoms with E-state index >= 15 is 0 Å². The number of ether oxygens (including phenoxy) is 1. The van der Waals surface area contributed by atoms with Crippen molar-refractivity contribution < 1.29 is 9.53 Å². The third kappa shape index (κ3) is 5.48. The van der Waals surface area contributed by atoms with Gasteiger partial charge >= 0.3 is 0 Å². The summed E-state index contributed by atoms with van der Waals surface area (Å²) in [5.41, 5.74) is 1.84. The van der Waals surface area contributed by atoms with E-state index < -0.39 is 0 Å². The molecule has 1 N–H and O–H groups in total. The number of amides is 1. The lowest BCUT2D eigenvalue weighted by Crippen LogP contribution is -2.37. The Kier molecular flexibility index (Phi) is 7.95. The van der Waals surface area contributed by atoms with Crippen LogP contribution in [-0.4, -0.2) is 37.0 Å². The molecule has 26 heavy (non-hydrogen) atoms. The van der Waals surface area contributed by atoms with Crippen LogP contribution >= 0.6 is 12.4 Å². The Morgan fingerprint density at radius 2 is 1.81 bits per heavy atom. The summed E-state index contributed by atoms with van der Waals surface area (Å²) in [6, 6.07) is 17.8. The third-order valence-electron chi connectivity index (χ3n) is 4.76. The minimum atomic E-state index is 0. The molecular formula is C21H27ClN2O2. The molecule has 4 nitrogen and oxygen atoms in total. The van der Waals surface area contributed by atoms with E-state index in [0.29, 0.717) is 18.2 Å². The van der Waals surface area contributed by atoms with E-state index in [-0.39, 0.29) is 18.3 Å². The molecular weight excluding hydrogens is 348 g/mol. The zero-order valence-electron chi connectivity index (χ0n) is 15.2. The van der Waals surface area contributed by atoms with Crippen LogP contribution in [0.15, 0.2) is 54.6 Å². The van der Waals surface area contributed by atoms with Crippen LogP contribution in [0.25, 0.3) is 0 Å². The summed E-state index contributed by atoms with van der Waals surface area (Å²) < 4.78 is 5.79. The molecule has 1 fully saturated rings. The Bertz CT molecular complexity index is 668. The topological polar surface area (TPSA) is 41.6 Å². The highest BCUT2D eigenvalue weighted by atomic mass is 35.5. The molecule has 1 aliphatic rings. The van der Waals surface area contributed by atoms with Gasteiger partial charge in [0, 0.05) is 18.7 Å². The third-order valence-corrected chi connectivity index (χ3v) is 4.76. The normalized spacial score (nSPS) is 16.9. The predicted molar refractivity (Wildman–Crippen MR) is 107 cm³/mol. The van der Waals surface area contributed by atoms with Gasteiger partial charge < -0.3 is 15.0 Å². The number of nitrogens with one attached hydrogen (secondary N) is 1. The number of hydrogen-bond acceptors (Lipinski definition) is 3. The number of nitrogens with zero attached hydrogens (tertiary/aromatic N) is 1. The summed E-state index contributed by atoms with van der Waals surface area (Å²) in [5, 5.41) is 3.39. The van der Waals surface area contributed by atoms with Gasteiger partial charge in [0.15, 0.2) is 0 Å². The van der Waals surface area contributed by atoms with Crippen molar-refractivity contribution >= 4 is 18.3 Å². The molecule has 5 heteroatoms. The van der Waals surface area contributed by atoms with Gasteiger partial charge in [-0.2, -0.15) is 0 Å². The number of rotatable bonds is 5. The summed E-state index contributed by atoms with van der Waals surface area (Å²) in [6.07, 6.45) is 3.20. The minimum absolute atomic E-state index is 0. The fourth-order valence-electron chi connectivity index (χ4n) is 3.19. The second-order valence-electron chi connectivity index (χ2n) is 6.55. The standard InChI is InChI=1S/C21H26N2O2.ClH/c1-23(19-8-5-14-22-15-13-19)21(24)18-9-11-20(12-10-18)25-16-17-6-3-2-4-7-17;/h2-4,6-7,9-12,19,22H,5,8,13-16H2,1H3;1H. The van der Waals surface area contributed by atoms with Crippen LogP contribution in [0.4, 0.5) is 0 Å². The lowest BCUT2D eigenvalue weighted by atomic mass is 10.1. The summed E-state index contributed by atoms with van der Waals surface area (Å²) in [4.78, 5) is 14.6. The van der Waals surface area contributed by atoms with Gasteiger partial charge in [0.1, 0.15) is 12.4 Å². The number of carbonyl (C=O) groups excluding carboxylic acids is 1. The van der Waals surface area contributed by atoms with E-state index in [2.05, 4.69) is 5.32 Å². The Labute approximate surface area is 162 Å². The number of halogens is 1. The first-order chi connectivity index (χ1) is 12.2. The second-order valence-corrected chi connectivity index (χ2v) is 6.55. The summed E-state index contributed by atoms with van der Waals surface area (Å²) >= 11 is 0. The average Bonchev–Trinajstić information content (AvgIpc) is 2.96. The molecule has 1 saturated heterocycles. The smallest absolute Gasteiger partial charge is 0.253 e. The van der Waals surface area contributed by atoms with Crippen molar-refractivity contribution in [3.8, 4) is 5.75 Å². The molecule has 0 bridgehead atoms. The molecule has 140 valence electrons. The second kappa shape index (κ2) is 10.2. The molecule has 2 aromatic carbocycles. The number of carbonyl (C=O) groups is 1. The fraction of sp³-hybridized carbons (Fsp3) is 0.381. The molecule has 3 rings (SSSR count). The maximum atomic E-state index is 12.7. The van der Waals surface area contributed by atoms with Crippen LogP contribution in [0.1, 0.15) is 35.2 Å². The Morgan fingerprint density at radius 3 is 2.54 bits per heavy atom. The van der Waals surface area contributed by atoms with Gasteiger partial charge in [-0.3, -0.25) is 4.79 Å². The number of hydrogen-bond donors (Lipinski definition) is 1. The summed E-state index contributed by atoms with van der Waals surface area (Å²) in [6.45, 7) is 2.56. The highest BCUT2D eigenvalue weighted by Gasteiger charge is 2.22. The Morgan fingerprint density at radius 1 is 1.08 bits per heavy atom. The Balaban J connectivity index is 0.00000243. The van der Waals surface area contributed by atoms with Gasteiger partial charge in [-0.05, 0) is 62.2 Å². The first-order valence-corrected chi connectivity index (χ1v) is 8.99. The zero-order valence-corrected chi connectivity index (χ0v) is 16.0. The quantitative estimate of drug-likeness (QED) is 0.862. The van der Waals surface area contributed by atoms with Crippen LogP contribution in [-0.2, 0) is 6.61 Å². The molecule has 1 heterocycles. The lowest BCUT2D eigenvalue weighted by Gasteiger charge is -2.27. The van der Waals surface area contributed by atoms with Gasteiger partial charge in [-0.15, -0.1) is 12.4 Å². The van der Waals surface area contributed by atoms with Crippen molar-refractivity contribution in [2.45, 2.75) is 31.9 Å². The van der Waals surface area contributed by atoms with Gasteiger partial charge in [0.2, 0.25) is 0 Å². The van der Waals surface area contributed by atoms with E-state index in [0.717, 1.165) is 43.7 Å². The molecule has 1 aliphatic heterocycles. The molecule has 0 aliphatic carbocycles. The van der Waals surface area contributed by atoms with Crippen molar-refractivity contribution in [2.24, 2.45) is 0 Å². The van der Waals surface area contributed by atoms with Crippen LogP contribution in [0.5, 0.6) is 5.75 Å². The highest BCUT2D eigenvalue weighted by Crippen LogP contribution is 2.18. The van der Waals surface area contributed by atoms with Gasteiger partial charge in [-0.25, -0.2) is 0 Å². The van der Waals surface area contributed by atoms with Gasteiger partial charge in [0.25, 0.3) is 5.91 Å². The minimum Gasteiger partial charge on any atom is -0.489 e. The van der Waals surface area contributed by atoms with Crippen molar-refractivity contribution in [2.75, 3.05) is 20.1 Å². The van der Waals surface area contributed by atoms with Crippen molar-refractivity contribution in [3.63, 3.8) is 0 Å². The Hall–Kier alpha value is -2.04. The average molecular weight is 375 g/mol. The lowest BCUT2D eigenvalue weighted by molar-refractivity contribution is 0.0720. The highest BCUT2D eigenvalue weighted by molar-refractivity contribution is 5.94. The fourth-order valence-corrected chi connectivity index (χ4v) is 3.19. The van der Waals surface area contributed by atoms with E-state index in [4.69, 9.17) is 4.74 Å². The molecule has 2 aromatic rings. The van der Waals surface area contributed by atoms with Gasteiger partial charge in [-0.1, -0.05) is 30.3 Å². The monoisotopic (exact) mass is 374 g/mol. The van der Waals surface area contributed by atoms with E-state index in [1.807, 2.05) is 66.5 Å². The van der Waals surface area contributed by atoms with Crippen LogP contribution in [0.3, 0.4) is 0 Å². The SMILES string of the molecule is CN(C(=O)c1ccc(OCc2ccccc2)cc1)C1CCCNCC1.Cl. The predicted octanol–water partition coefficient (Wildman–Crippen LogP) is 3.90. The molecule has 1 amide bonds. The van der Waals surface area contributed by atoms with Crippen molar-refractivity contribution in [1.29, 1.82) is 0 Å². The number of benzene rings is 2. The largest absolute Gasteiger partial charge is 0.489 e. The van der Waals surface area contributed by atoms with Gasteiger partial charge in [0.05, 0.1) is 0 Å². The summed E-state index contributed by atoms with van der Waals surface area (Å²) in [7, 11) is 1.91. The molecule has 1 unspecified atom stereocenters.